The molecule has 0 aliphatic carbocycles. The summed E-state index contributed by atoms with van der Waals surface area (Å²) in [5, 5.41) is 2.13. The Kier molecular flexibility index (Phi) is 2.85. The Morgan fingerprint density at radius 2 is 2.24 bits per heavy atom. The average Bonchev–Trinajstić information content (AvgIpc) is 2.96. The Morgan fingerprint density at radius 3 is 3.08 bits per heavy atom. The second-order valence-corrected chi connectivity index (χ2v) is 7.19. The number of nitrogens with zero attached hydrogens (tertiary/aromatic N) is 4. The molecule has 0 unspecified atom stereocenters. The van der Waals surface area contributed by atoms with E-state index in [0.717, 1.165) is 54.3 Å². The summed E-state index contributed by atoms with van der Waals surface area (Å²) in [5.41, 5.74) is 4.23. The van der Waals surface area contributed by atoms with Gasteiger partial charge in [0, 0.05) is 17.6 Å². The third kappa shape index (κ3) is 1.84. The van der Waals surface area contributed by atoms with Crippen LogP contribution in [0.3, 0.4) is 0 Å². The van der Waals surface area contributed by atoms with Gasteiger partial charge in [0.25, 0.3) is 12.9 Å². The number of fused-ring (bicyclic) bond motifs is 3. The maximum Gasteiger partial charge on any atom is 0.288 e. The monoisotopic (exact) mass is 345 g/mol. The molecule has 0 bridgehead atoms. The maximum absolute atomic E-state index is 7.23. The molecule has 0 saturated carbocycles. The van der Waals surface area contributed by atoms with Gasteiger partial charge in [-0.2, -0.15) is 0 Å². The standard InChI is InChI=1S/C19H13N4OS/c1-10-11-5-4-6-21-12(11)7-13-15(10)17-16-18(24-13)14(8-20-2)25-19(16)22-9-23(17)3/h4-7,9H,8H2,1,3H3/q+1. The summed E-state index contributed by atoms with van der Waals surface area (Å²) in [6.07, 6.45) is 3.63. The number of pyridine rings is 1. The largest absolute Gasteiger partial charge is 0.454 e. The van der Waals surface area contributed by atoms with Gasteiger partial charge in [-0.05, 0) is 23.5 Å². The fourth-order valence-electron chi connectivity index (χ4n) is 3.56. The van der Waals surface area contributed by atoms with E-state index in [9.17, 15) is 0 Å². The van der Waals surface area contributed by atoms with Gasteiger partial charge in [0.2, 0.25) is 4.83 Å². The number of hydrogen-bond acceptors (Lipinski definition) is 4. The lowest BCUT2D eigenvalue weighted by atomic mass is 9.95. The molecule has 0 spiro atoms. The molecule has 0 amide bonds. The molecule has 5 rings (SSSR count). The zero-order chi connectivity index (χ0) is 17.1. The molecule has 120 valence electrons. The van der Waals surface area contributed by atoms with Crippen LogP contribution in [0.25, 0.3) is 37.2 Å². The lowest BCUT2D eigenvalue weighted by molar-refractivity contribution is -0.662. The predicted octanol–water partition coefficient (Wildman–Crippen LogP) is 4.17. The van der Waals surface area contributed by atoms with Gasteiger partial charge in [-0.3, -0.25) is 4.98 Å². The van der Waals surface area contributed by atoms with E-state index in [0.29, 0.717) is 6.54 Å². The third-order valence-electron chi connectivity index (χ3n) is 4.65. The molecule has 5 nitrogen and oxygen atoms in total. The van der Waals surface area contributed by atoms with Crippen molar-refractivity contribution in [3.05, 3.63) is 52.6 Å². The normalized spacial score (nSPS) is 12.0. The lowest BCUT2D eigenvalue weighted by Gasteiger charge is -2.20. The summed E-state index contributed by atoms with van der Waals surface area (Å²) in [7, 11) is 2.00. The molecule has 25 heavy (non-hydrogen) atoms. The Labute approximate surface area is 148 Å². The second kappa shape index (κ2) is 4.98. The molecular formula is C19H13N4OS+. The summed E-state index contributed by atoms with van der Waals surface area (Å²) in [5.74, 6) is 1.57. The van der Waals surface area contributed by atoms with Crippen LogP contribution >= 0.6 is 11.3 Å². The van der Waals surface area contributed by atoms with Gasteiger partial charge in [-0.15, -0.1) is 0 Å². The van der Waals surface area contributed by atoms with Crippen molar-refractivity contribution in [1.29, 1.82) is 0 Å². The highest BCUT2D eigenvalue weighted by Crippen LogP contribution is 2.51. The first-order valence-electron chi connectivity index (χ1n) is 7.89. The van der Waals surface area contributed by atoms with Crippen LogP contribution in [-0.2, 0) is 13.6 Å². The predicted molar refractivity (Wildman–Crippen MR) is 96.7 cm³/mol. The van der Waals surface area contributed by atoms with Crippen LogP contribution in [0.2, 0.25) is 0 Å². The highest BCUT2D eigenvalue weighted by atomic mass is 32.1. The van der Waals surface area contributed by atoms with Gasteiger partial charge >= 0.3 is 0 Å². The van der Waals surface area contributed by atoms with Crippen molar-refractivity contribution in [1.82, 2.24) is 9.97 Å². The smallest absolute Gasteiger partial charge is 0.288 e. The van der Waals surface area contributed by atoms with Crippen LogP contribution in [0.5, 0.6) is 11.5 Å². The van der Waals surface area contributed by atoms with Crippen molar-refractivity contribution >= 4 is 32.5 Å². The van der Waals surface area contributed by atoms with Crippen molar-refractivity contribution in [2.75, 3.05) is 0 Å². The minimum atomic E-state index is 0.305. The molecular weight excluding hydrogens is 332 g/mol. The SMILES string of the molecule is [C-]#[N+]Cc1sc2nc[n+](C)c3c2c1Oc1cc2ncccc2c(C)c1-3. The molecule has 4 aromatic rings. The van der Waals surface area contributed by atoms with E-state index < -0.39 is 0 Å². The molecule has 6 heteroatoms. The summed E-state index contributed by atoms with van der Waals surface area (Å²) in [4.78, 5) is 14.4. The van der Waals surface area contributed by atoms with Crippen molar-refractivity contribution in [3.8, 4) is 22.8 Å². The van der Waals surface area contributed by atoms with Gasteiger partial charge in [0.05, 0.1) is 18.1 Å². The Bertz CT molecular complexity index is 1240. The number of ether oxygens (including phenoxy) is 1. The average molecular weight is 345 g/mol. The quantitative estimate of drug-likeness (QED) is 0.338. The summed E-state index contributed by atoms with van der Waals surface area (Å²) < 4.78 is 8.33. The topological polar surface area (TPSA) is 43.2 Å². The van der Waals surface area contributed by atoms with E-state index >= 15 is 0 Å². The highest BCUT2D eigenvalue weighted by Gasteiger charge is 2.34. The molecule has 1 aliphatic heterocycles. The lowest BCUT2D eigenvalue weighted by Crippen LogP contribution is -2.32. The van der Waals surface area contributed by atoms with Crippen LogP contribution in [0.15, 0.2) is 30.7 Å². The fourth-order valence-corrected chi connectivity index (χ4v) is 4.55. The molecule has 0 fully saturated rings. The van der Waals surface area contributed by atoms with Gasteiger partial charge < -0.3 is 9.58 Å². The van der Waals surface area contributed by atoms with E-state index in [4.69, 9.17) is 11.3 Å². The minimum absolute atomic E-state index is 0.305. The van der Waals surface area contributed by atoms with Gasteiger partial charge in [0.15, 0.2) is 11.4 Å². The van der Waals surface area contributed by atoms with E-state index in [2.05, 4.69) is 27.8 Å². The summed E-state index contributed by atoms with van der Waals surface area (Å²) in [6, 6.07) is 6.04. The van der Waals surface area contributed by atoms with Crippen LogP contribution < -0.4 is 9.30 Å². The zero-order valence-electron chi connectivity index (χ0n) is 13.7. The van der Waals surface area contributed by atoms with Crippen LogP contribution in [0, 0.1) is 13.5 Å². The van der Waals surface area contributed by atoms with Gasteiger partial charge in [-0.1, -0.05) is 17.4 Å². The number of thiophene rings is 1. The van der Waals surface area contributed by atoms with Gasteiger partial charge in [0.1, 0.15) is 16.0 Å². The molecule has 1 aliphatic rings. The Hall–Kier alpha value is -3.04. The van der Waals surface area contributed by atoms with Crippen molar-refractivity contribution in [3.63, 3.8) is 0 Å². The molecule has 0 radical (unpaired) electrons. The van der Waals surface area contributed by atoms with Crippen LogP contribution in [0.4, 0.5) is 0 Å². The van der Waals surface area contributed by atoms with Crippen LogP contribution in [0.1, 0.15) is 10.4 Å². The first-order chi connectivity index (χ1) is 12.2. The van der Waals surface area contributed by atoms with Crippen LogP contribution in [-0.4, -0.2) is 9.97 Å². The van der Waals surface area contributed by atoms with Gasteiger partial charge in [-0.25, -0.2) is 11.1 Å². The third-order valence-corrected chi connectivity index (χ3v) is 5.72. The van der Waals surface area contributed by atoms with E-state index in [1.54, 1.807) is 6.20 Å². The molecule has 0 N–H and O–H groups in total. The maximum atomic E-state index is 7.23. The summed E-state index contributed by atoms with van der Waals surface area (Å²) in [6.45, 7) is 9.64. The number of hydrogen-bond donors (Lipinski definition) is 0. The molecule has 4 heterocycles. The number of rotatable bonds is 1. The zero-order valence-corrected chi connectivity index (χ0v) is 14.5. The first kappa shape index (κ1) is 14.3. The van der Waals surface area contributed by atoms with E-state index in [1.165, 1.54) is 11.3 Å². The number of benzene rings is 1. The molecule has 3 aromatic heterocycles. The molecule has 0 saturated heterocycles. The van der Waals surface area contributed by atoms with E-state index in [1.807, 2.05) is 30.1 Å². The Morgan fingerprint density at radius 1 is 1.36 bits per heavy atom. The van der Waals surface area contributed by atoms with E-state index in [-0.39, 0.29) is 0 Å². The summed E-state index contributed by atoms with van der Waals surface area (Å²) >= 11 is 1.54. The van der Waals surface area contributed by atoms with Crippen molar-refractivity contribution < 1.29 is 9.30 Å². The van der Waals surface area contributed by atoms with Crippen molar-refractivity contribution in [2.24, 2.45) is 7.05 Å². The molecule has 1 aromatic carbocycles. The number of aryl methyl sites for hydroxylation is 2. The number of aromatic nitrogens is 3. The fraction of sp³-hybridized carbons (Fsp3) is 0.158. The highest BCUT2D eigenvalue weighted by molar-refractivity contribution is 7.19. The molecule has 0 atom stereocenters. The first-order valence-corrected chi connectivity index (χ1v) is 8.70. The Balaban J connectivity index is 1.96. The second-order valence-electron chi connectivity index (χ2n) is 6.10. The van der Waals surface area contributed by atoms with Crippen molar-refractivity contribution in [2.45, 2.75) is 13.5 Å². The minimum Gasteiger partial charge on any atom is -0.454 e.